The van der Waals surface area contributed by atoms with Crippen LogP contribution < -0.4 is 10.2 Å². The van der Waals surface area contributed by atoms with Gasteiger partial charge in [0.25, 0.3) is 0 Å². The molecule has 1 aliphatic carbocycles. The van der Waals surface area contributed by atoms with Gasteiger partial charge in [0.1, 0.15) is 11.6 Å². The molecular formula is C13H17F3N4. The fraction of sp³-hybridized carbons (Fsp3) is 0.692. The van der Waals surface area contributed by atoms with E-state index in [2.05, 4.69) is 15.3 Å². The number of alkyl halides is 3. The highest BCUT2D eigenvalue weighted by molar-refractivity contribution is 5.50. The Kier molecular flexibility index (Phi) is 3.22. The van der Waals surface area contributed by atoms with Gasteiger partial charge in [0.2, 0.25) is 5.82 Å². The molecule has 0 aromatic carbocycles. The van der Waals surface area contributed by atoms with Crippen LogP contribution in [0.4, 0.5) is 24.8 Å². The molecule has 0 bridgehead atoms. The minimum Gasteiger partial charge on any atom is -0.373 e. The lowest BCUT2D eigenvalue weighted by molar-refractivity contribution is -0.144. The third kappa shape index (κ3) is 2.41. The van der Waals surface area contributed by atoms with Crippen LogP contribution in [0.1, 0.15) is 25.1 Å². The normalized spacial score (nSPS) is 25.9. The Morgan fingerprint density at radius 1 is 1.20 bits per heavy atom. The molecule has 2 heterocycles. The van der Waals surface area contributed by atoms with Crippen molar-refractivity contribution < 1.29 is 13.2 Å². The lowest BCUT2D eigenvalue weighted by atomic mass is 10.0. The maximum absolute atomic E-state index is 12.8. The molecule has 1 aliphatic heterocycles. The number of nitrogens with one attached hydrogen (secondary N) is 1. The number of fused-ring (bicyclic) bond motifs is 1. The molecule has 1 saturated carbocycles. The van der Waals surface area contributed by atoms with Gasteiger partial charge in [0.05, 0.1) is 0 Å². The summed E-state index contributed by atoms with van der Waals surface area (Å²) < 4.78 is 38.5. The Bertz CT molecular complexity index is 491. The summed E-state index contributed by atoms with van der Waals surface area (Å²) in [6, 6.07) is 1.59. The second-order valence-electron chi connectivity index (χ2n) is 5.54. The predicted molar refractivity (Wildman–Crippen MR) is 69.6 cm³/mol. The number of halogens is 3. The molecule has 0 radical (unpaired) electrons. The molecule has 2 fully saturated rings. The largest absolute Gasteiger partial charge is 0.451 e. The summed E-state index contributed by atoms with van der Waals surface area (Å²) in [5.74, 6) is 0.733. The van der Waals surface area contributed by atoms with Crippen molar-refractivity contribution in [3.8, 4) is 0 Å². The first kappa shape index (κ1) is 13.5. The summed E-state index contributed by atoms with van der Waals surface area (Å²) >= 11 is 0. The zero-order valence-corrected chi connectivity index (χ0v) is 11.2. The van der Waals surface area contributed by atoms with E-state index >= 15 is 0 Å². The first-order chi connectivity index (χ1) is 9.47. The smallest absolute Gasteiger partial charge is 0.373 e. The van der Waals surface area contributed by atoms with Gasteiger partial charge in [0, 0.05) is 26.2 Å². The summed E-state index contributed by atoms with van der Waals surface area (Å²) in [5.41, 5.74) is 0. The molecule has 2 atom stereocenters. The van der Waals surface area contributed by atoms with Crippen LogP contribution in [0.2, 0.25) is 0 Å². The van der Waals surface area contributed by atoms with Crippen molar-refractivity contribution in [1.29, 1.82) is 0 Å². The summed E-state index contributed by atoms with van der Waals surface area (Å²) in [4.78, 5) is 9.17. The Labute approximate surface area is 115 Å². The number of anilines is 2. The summed E-state index contributed by atoms with van der Waals surface area (Å²) in [5, 5.41) is 2.68. The van der Waals surface area contributed by atoms with E-state index < -0.39 is 12.0 Å². The van der Waals surface area contributed by atoms with Gasteiger partial charge < -0.3 is 10.2 Å². The van der Waals surface area contributed by atoms with Gasteiger partial charge in [-0.2, -0.15) is 13.2 Å². The zero-order chi connectivity index (χ0) is 14.3. The predicted octanol–water partition coefficient (Wildman–Crippen LogP) is 2.77. The van der Waals surface area contributed by atoms with Gasteiger partial charge >= 0.3 is 6.18 Å². The van der Waals surface area contributed by atoms with E-state index in [1.54, 1.807) is 13.1 Å². The quantitative estimate of drug-likeness (QED) is 0.907. The second-order valence-corrected chi connectivity index (χ2v) is 5.54. The van der Waals surface area contributed by atoms with E-state index in [1.807, 2.05) is 4.90 Å². The third-order valence-electron chi connectivity index (χ3n) is 4.27. The SMILES string of the molecule is CNc1cc(N2CC3CCCC3C2)nc(C(F)(F)F)n1. The third-order valence-corrected chi connectivity index (χ3v) is 4.27. The number of nitrogens with zero attached hydrogens (tertiary/aromatic N) is 3. The van der Waals surface area contributed by atoms with Gasteiger partial charge in [-0.15, -0.1) is 0 Å². The highest BCUT2D eigenvalue weighted by Crippen LogP contribution is 2.40. The molecule has 20 heavy (non-hydrogen) atoms. The lowest BCUT2D eigenvalue weighted by Gasteiger charge is -2.20. The Hall–Kier alpha value is -1.53. The molecule has 4 nitrogen and oxygen atoms in total. The van der Waals surface area contributed by atoms with E-state index in [9.17, 15) is 13.2 Å². The van der Waals surface area contributed by atoms with Crippen molar-refractivity contribution in [3.63, 3.8) is 0 Å². The van der Waals surface area contributed by atoms with Crippen molar-refractivity contribution >= 4 is 11.6 Å². The van der Waals surface area contributed by atoms with Crippen LogP contribution in [0.25, 0.3) is 0 Å². The van der Waals surface area contributed by atoms with Gasteiger partial charge in [-0.25, -0.2) is 9.97 Å². The average Bonchev–Trinajstić information content (AvgIpc) is 2.97. The van der Waals surface area contributed by atoms with Crippen molar-refractivity contribution in [2.24, 2.45) is 11.8 Å². The molecule has 7 heteroatoms. The fourth-order valence-electron chi connectivity index (χ4n) is 3.27. The van der Waals surface area contributed by atoms with Crippen LogP contribution in [0, 0.1) is 11.8 Å². The van der Waals surface area contributed by atoms with Crippen LogP contribution in [0.3, 0.4) is 0 Å². The maximum atomic E-state index is 12.8. The zero-order valence-electron chi connectivity index (χ0n) is 11.2. The van der Waals surface area contributed by atoms with Gasteiger partial charge in [-0.05, 0) is 24.7 Å². The van der Waals surface area contributed by atoms with Crippen molar-refractivity contribution in [2.45, 2.75) is 25.4 Å². The monoisotopic (exact) mass is 286 g/mol. The van der Waals surface area contributed by atoms with Crippen LogP contribution >= 0.6 is 0 Å². The highest BCUT2D eigenvalue weighted by Gasteiger charge is 2.39. The van der Waals surface area contributed by atoms with E-state index in [4.69, 9.17) is 0 Å². The van der Waals surface area contributed by atoms with Crippen molar-refractivity contribution in [1.82, 2.24) is 9.97 Å². The van der Waals surface area contributed by atoms with Gasteiger partial charge in [-0.3, -0.25) is 0 Å². The molecule has 2 unspecified atom stereocenters. The number of aromatic nitrogens is 2. The van der Waals surface area contributed by atoms with E-state index in [0.29, 0.717) is 17.7 Å². The molecule has 1 aromatic heterocycles. The minimum atomic E-state index is -4.52. The Morgan fingerprint density at radius 2 is 1.85 bits per heavy atom. The number of rotatable bonds is 2. The first-order valence-electron chi connectivity index (χ1n) is 6.86. The van der Waals surface area contributed by atoms with E-state index in [1.165, 1.54) is 19.3 Å². The standard InChI is InChI=1S/C13H17F3N4/c1-17-10-5-11(19-12(18-10)13(14,15)16)20-6-8-3-2-4-9(8)7-20/h5,8-9H,2-4,6-7H2,1H3,(H,17,18,19). The second kappa shape index (κ2) is 4.79. The van der Waals surface area contributed by atoms with Crippen LogP contribution in [0.5, 0.6) is 0 Å². The molecular weight excluding hydrogens is 269 g/mol. The summed E-state index contributed by atoms with van der Waals surface area (Å²) in [6.45, 7) is 1.62. The summed E-state index contributed by atoms with van der Waals surface area (Å²) in [7, 11) is 1.56. The maximum Gasteiger partial charge on any atom is 0.451 e. The Morgan fingerprint density at radius 3 is 2.40 bits per heavy atom. The molecule has 3 rings (SSSR count). The highest BCUT2D eigenvalue weighted by atomic mass is 19.4. The Balaban J connectivity index is 1.89. The van der Waals surface area contributed by atoms with Crippen molar-refractivity contribution in [2.75, 3.05) is 30.4 Å². The fourth-order valence-corrected chi connectivity index (χ4v) is 3.27. The van der Waals surface area contributed by atoms with Crippen LogP contribution in [0.15, 0.2) is 6.07 Å². The average molecular weight is 286 g/mol. The first-order valence-corrected chi connectivity index (χ1v) is 6.86. The molecule has 1 saturated heterocycles. The molecule has 0 spiro atoms. The minimum absolute atomic E-state index is 0.208. The molecule has 1 N–H and O–H groups in total. The molecule has 110 valence electrons. The van der Waals surface area contributed by atoms with E-state index in [0.717, 1.165) is 13.1 Å². The lowest BCUT2D eigenvalue weighted by Crippen LogP contribution is -2.24. The molecule has 1 aromatic rings. The molecule has 0 amide bonds. The van der Waals surface area contributed by atoms with E-state index in [-0.39, 0.29) is 5.82 Å². The van der Waals surface area contributed by atoms with Crippen LogP contribution in [-0.4, -0.2) is 30.1 Å². The van der Waals surface area contributed by atoms with Crippen molar-refractivity contribution in [3.05, 3.63) is 11.9 Å². The van der Waals surface area contributed by atoms with Gasteiger partial charge in [-0.1, -0.05) is 6.42 Å². The summed E-state index contributed by atoms with van der Waals surface area (Å²) in [6.07, 6.45) is -0.922. The van der Waals surface area contributed by atoms with Gasteiger partial charge in [0.15, 0.2) is 0 Å². The topological polar surface area (TPSA) is 41.0 Å². The van der Waals surface area contributed by atoms with Crippen LogP contribution in [-0.2, 0) is 6.18 Å². The number of hydrogen-bond donors (Lipinski definition) is 1. The number of hydrogen-bond acceptors (Lipinski definition) is 4. The molecule has 2 aliphatic rings.